The van der Waals surface area contributed by atoms with Crippen molar-refractivity contribution in [3.05, 3.63) is 71.5 Å². The molecule has 0 radical (unpaired) electrons. The third-order valence-corrected chi connectivity index (χ3v) is 6.40. The lowest BCUT2D eigenvalue weighted by Crippen LogP contribution is -2.26. The van der Waals surface area contributed by atoms with Crippen LogP contribution in [0.25, 0.3) is 22.0 Å². The van der Waals surface area contributed by atoms with E-state index in [9.17, 15) is 4.79 Å². The number of amides is 1. The first kappa shape index (κ1) is 20.5. The van der Waals surface area contributed by atoms with Crippen LogP contribution >= 0.6 is 0 Å². The van der Waals surface area contributed by atoms with Crippen LogP contribution in [0.3, 0.4) is 0 Å². The van der Waals surface area contributed by atoms with Gasteiger partial charge in [-0.05, 0) is 60.0 Å². The van der Waals surface area contributed by atoms with E-state index in [1.165, 1.54) is 0 Å². The number of aromatic nitrogens is 2. The fraction of sp³-hybridized carbons (Fsp3) is 0.222. The zero-order valence-electron chi connectivity index (χ0n) is 19.1. The molecule has 0 spiro atoms. The Morgan fingerprint density at radius 1 is 1.00 bits per heavy atom. The summed E-state index contributed by atoms with van der Waals surface area (Å²) in [5, 5.41) is 3.89. The van der Waals surface area contributed by atoms with Crippen molar-refractivity contribution in [3.8, 4) is 22.6 Å². The molecule has 2 aliphatic heterocycles. The minimum Gasteiger partial charge on any atom is -0.497 e. The molecular formula is C27H24N4O3. The molecule has 2 aliphatic rings. The number of anilines is 2. The van der Waals surface area contributed by atoms with Crippen LogP contribution in [0.2, 0.25) is 0 Å². The topological polar surface area (TPSA) is 76.6 Å². The summed E-state index contributed by atoms with van der Waals surface area (Å²) < 4.78 is 11.5. The summed E-state index contributed by atoms with van der Waals surface area (Å²) in [6, 6.07) is 18.3. The molecule has 1 aromatic heterocycles. The van der Waals surface area contributed by atoms with Crippen LogP contribution in [0, 0.1) is 6.92 Å². The van der Waals surface area contributed by atoms with Gasteiger partial charge in [-0.15, -0.1) is 0 Å². The van der Waals surface area contributed by atoms with E-state index in [2.05, 4.69) is 39.5 Å². The van der Waals surface area contributed by atoms with Gasteiger partial charge in [-0.25, -0.2) is 9.97 Å². The van der Waals surface area contributed by atoms with Gasteiger partial charge in [-0.2, -0.15) is 0 Å². The number of rotatable bonds is 3. The van der Waals surface area contributed by atoms with Crippen molar-refractivity contribution in [2.24, 2.45) is 0 Å². The summed E-state index contributed by atoms with van der Waals surface area (Å²) >= 11 is 0. The highest BCUT2D eigenvalue weighted by Gasteiger charge is 2.22. The number of hydrogen-bond acceptors (Lipinski definition) is 6. The summed E-state index contributed by atoms with van der Waals surface area (Å²) in [7, 11) is 1.66. The van der Waals surface area contributed by atoms with Crippen LogP contribution in [0.4, 0.5) is 11.5 Å². The van der Waals surface area contributed by atoms with E-state index in [1.54, 1.807) is 7.11 Å². The van der Waals surface area contributed by atoms with Crippen molar-refractivity contribution in [1.82, 2.24) is 9.97 Å². The van der Waals surface area contributed by atoms with E-state index in [1.807, 2.05) is 37.3 Å². The number of ether oxygens (including phenoxy) is 2. The van der Waals surface area contributed by atoms with Crippen LogP contribution in [-0.2, 0) is 17.8 Å². The molecule has 0 saturated carbocycles. The lowest BCUT2D eigenvalue weighted by Gasteiger charge is -2.23. The number of hydrogen-bond donors (Lipinski definition) is 1. The first-order valence-electron chi connectivity index (χ1n) is 11.3. The largest absolute Gasteiger partial charge is 0.497 e. The highest BCUT2D eigenvalue weighted by molar-refractivity contribution is 5.99. The second kappa shape index (κ2) is 8.02. The first-order valence-corrected chi connectivity index (χ1v) is 11.3. The molecule has 170 valence electrons. The second-order valence-corrected chi connectivity index (χ2v) is 8.67. The Bertz CT molecular complexity index is 1450. The first-order chi connectivity index (χ1) is 16.6. The van der Waals surface area contributed by atoms with Crippen LogP contribution in [0.5, 0.6) is 11.5 Å². The predicted octanol–water partition coefficient (Wildman–Crippen LogP) is 4.51. The third kappa shape index (κ3) is 3.59. The van der Waals surface area contributed by atoms with Gasteiger partial charge >= 0.3 is 0 Å². The molecule has 4 aromatic rings. The SMILES string of the molecule is COc1ccc2c(N3CCOc4ccc(-c5ccc6c(c5)CC(=O)N6)cc4C3)nc(C)nc2c1. The summed E-state index contributed by atoms with van der Waals surface area (Å²) in [5.41, 5.74) is 6.09. The summed E-state index contributed by atoms with van der Waals surface area (Å²) in [6.45, 7) is 3.87. The maximum Gasteiger partial charge on any atom is 0.228 e. The molecule has 0 saturated heterocycles. The van der Waals surface area contributed by atoms with E-state index >= 15 is 0 Å². The van der Waals surface area contributed by atoms with Crippen molar-refractivity contribution in [2.75, 3.05) is 30.5 Å². The number of benzene rings is 3. The van der Waals surface area contributed by atoms with Crippen LogP contribution in [-0.4, -0.2) is 36.1 Å². The highest BCUT2D eigenvalue weighted by atomic mass is 16.5. The van der Waals surface area contributed by atoms with Gasteiger partial charge < -0.3 is 19.7 Å². The molecule has 0 bridgehead atoms. The van der Waals surface area contributed by atoms with Crippen LogP contribution in [0.15, 0.2) is 54.6 Å². The van der Waals surface area contributed by atoms with Crippen molar-refractivity contribution in [1.29, 1.82) is 0 Å². The van der Waals surface area contributed by atoms with Crippen molar-refractivity contribution in [3.63, 3.8) is 0 Å². The molecule has 0 aliphatic carbocycles. The molecule has 6 rings (SSSR count). The smallest absolute Gasteiger partial charge is 0.228 e. The Labute approximate surface area is 197 Å². The summed E-state index contributed by atoms with van der Waals surface area (Å²) in [4.78, 5) is 23.4. The van der Waals surface area contributed by atoms with E-state index in [-0.39, 0.29) is 5.91 Å². The standard InChI is InChI=1S/C27H24N4O3/c1-16-28-24-14-21(33-2)5-6-22(24)27(29-16)31-9-10-34-25-8-4-18(12-20(25)15-31)17-3-7-23-19(11-17)13-26(32)30-23/h3-8,11-12,14H,9-10,13,15H2,1-2H3,(H,30,32). The minimum atomic E-state index is 0.0445. The molecule has 0 atom stereocenters. The number of nitrogens with one attached hydrogen (secondary N) is 1. The average molecular weight is 453 g/mol. The maximum absolute atomic E-state index is 11.8. The number of nitrogens with zero attached hydrogens (tertiary/aromatic N) is 3. The molecule has 3 heterocycles. The Morgan fingerprint density at radius 2 is 1.82 bits per heavy atom. The lowest BCUT2D eigenvalue weighted by molar-refractivity contribution is -0.115. The number of methoxy groups -OCH3 is 1. The lowest BCUT2D eigenvalue weighted by atomic mass is 9.99. The molecule has 34 heavy (non-hydrogen) atoms. The van der Waals surface area contributed by atoms with Crippen molar-refractivity contribution in [2.45, 2.75) is 19.9 Å². The fourth-order valence-electron chi connectivity index (χ4n) is 4.74. The Morgan fingerprint density at radius 3 is 2.68 bits per heavy atom. The molecule has 7 heteroatoms. The number of carbonyl (C=O) groups is 1. The van der Waals surface area contributed by atoms with Crippen LogP contribution < -0.4 is 19.7 Å². The van der Waals surface area contributed by atoms with E-state index < -0.39 is 0 Å². The Hall–Kier alpha value is -4.13. The molecule has 7 nitrogen and oxygen atoms in total. The molecular weight excluding hydrogens is 428 g/mol. The van der Waals surface area contributed by atoms with Crippen molar-refractivity contribution >= 4 is 28.3 Å². The van der Waals surface area contributed by atoms with E-state index in [0.717, 1.165) is 62.0 Å². The van der Waals surface area contributed by atoms with Gasteiger partial charge in [-0.1, -0.05) is 12.1 Å². The number of carbonyl (C=O) groups excluding carboxylic acids is 1. The van der Waals surface area contributed by atoms with Gasteiger partial charge in [0.25, 0.3) is 0 Å². The Kier molecular flexibility index (Phi) is 4.83. The molecule has 0 unspecified atom stereocenters. The molecule has 1 N–H and O–H groups in total. The second-order valence-electron chi connectivity index (χ2n) is 8.67. The molecule has 0 fully saturated rings. The molecule has 3 aromatic carbocycles. The Balaban J connectivity index is 1.38. The quantitative estimate of drug-likeness (QED) is 0.493. The van der Waals surface area contributed by atoms with Gasteiger partial charge in [0.05, 0.1) is 25.6 Å². The van der Waals surface area contributed by atoms with Crippen molar-refractivity contribution < 1.29 is 14.3 Å². The zero-order chi connectivity index (χ0) is 23.2. The van der Waals surface area contributed by atoms with Gasteiger partial charge in [-0.3, -0.25) is 4.79 Å². The summed E-state index contributed by atoms with van der Waals surface area (Å²) in [5.74, 6) is 3.33. The fourth-order valence-corrected chi connectivity index (χ4v) is 4.74. The average Bonchev–Trinajstić information content (AvgIpc) is 3.08. The van der Waals surface area contributed by atoms with E-state index in [4.69, 9.17) is 14.5 Å². The molecule has 1 amide bonds. The zero-order valence-corrected chi connectivity index (χ0v) is 19.1. The van der Waals surface area contributed by atoms with Gasteiger partial charge in [0.15, 0.2) is 0 Å². The monoisotopic (exact) mass is 452 g/mol. The van der Waals surface area contributed by atoms with E-state index in [0.29, 0.717) is 26.1 Å². The summed E-state index contributed by atoms with van der Waals surface area (Å²) in [6.07, 6.45) is 0.427. The van der Waals surface area contributed by atoms with Gasteiger partial charge in [0.1, 0.15) is 29.7 Å². The normalized spacial score (nSPS) is 14.8. The number of fused-ring (bicyclic) bond motifs is 3. The third-order valence-electron chi connectivity index (χ3n) is 6.40. The maximum atomic E-state index is 11.8. The predicted molar refractivity (Wildman–Crippen MR) is 132 cm³/mol. The number of aryl methyl sites for hydroxylation is 1. The van der Waals surface area contributed by atoms with Gasteiger partial charge in [0.2, 0.25) is 5.91 Å². The van der Waals surface area contributed by atoms with Crippen LogP contribution in [0.1, 0.15) is 17.0 Å². The van der Waals surface area contributed by atoms with Gasteiger partial charge in [0, 0.05) is 29.2 Å². The minimum absolute atomic E-state index is 0.0445. The highest BCUT2D eigenvalue weighted by Crippen LogP contribution is 2.35.